The first kappa shape index (κ1) is 34.4. The number of aliphatic hydroxyl groups excluding tert-OH is 1. The molecule has 3 N–H and O–H groups in total. The Morgan fingerprint density at radius 3 is 2.09 bits per heavy atom. The lowest BCUT2D eigenvalue weighted by atomic mass is 9.68. The molecule has 1 aliphatic heterocycles. The second kappa shape index (κ2) is 15.1. The molecule has 0 spiro atoms. The molecular weight excluding hydrogens is 570 g/mol. The Balaban J connectivity index is 1.94. The van der Waals surface area contributed by atoms with Crippen LogP contribution in [0.25, 0.3) is 0 Å². The number of carbonyl (C=O) groups is 2. The fourth-order valence-electron chi connectivity index (χ4n) is 6.15. The summed E-state index contributed by atoms with van der Waals surface area (Å²) >= 11 is 0. The number of nitrogens with zero attached hydrogens (tertiary/aromatic N) is 1. The van der Waals surface area contributed by atoms with Gasteiger partial charge in [0, 0.05) is 31.1 Å². The number of aliphatic carboxylic acids is 2. The van der Waals surface area contributed by atoms with Crippen LogP contribution < -0.4 is 9.64 Å². The number of ether oxygens (including phenoxy) is 1. The number of hydrogen-bond acceptors (Lipinski definition) is 7. The molecule has 2 aromatic rings. The van der Waals surface area contributed by atoms with Crippen molar-refractivity contribution < 1.29 is 38.1 Å². The number of fused-ring (bicyclic) bond motifs is 1. The molecule has 238 valence electrons. The van der Waals surface area contributed by atoms with Gasteiger partial charge >= 0.3 is 11.9 Å². The number of aliphatic hydroxyl groups is 1. The molecule has 0 saturated carbocycles. The maximum atomic E-state index is 14.0. The van der Waals surface area contributed by atoms with Crippen LogP contribution in [-0.2, 0) is 19.4 Å². The first-order chi connectivity index (χ1) is 20.4. The van der Waals surface area contributed by atoms with Crippen molar-refractivity contribution >= 4 is 27.5 Å². The third kappa shape index (κ3) is 8.29. The molecule has 0 aromatic heterocycles. The minimum atomic E-state index is -3.68. The van der Waals surface area contributed by atoms with E-state index in [1.54, 1.807) is 18.2 Å². The molecule has 10 heteroatoms. The summed E-state index contributed by atoms with van der Waals surface area (Å²) in [6.45, 7) is 4.45. The molecule has 1 heterocycles. The highest BCUT2D eigenvalue weighted by atomic mass is 32.2. The van der Waals surface area contributed by atoms with Crippen molar-refractivity contribution in [2.75, 3.05) is 31.4 Å². The summed E-state index contributed by atoms with van der Waals surface area (Å²) in [5.74, 6) is -4.17. The van der Waals surface area contributed by atoms with Crippen LogP contribution in [0.3, 0.4) is 0 Å². The maximum Gasteiger partial charge on any atom is 0.317 e. The third-order valence-corrected chi connectivity index (χ3v) is 10.6. The van der Waals surface area contributed by atoms with Crippen molar-refractivity contribution in [2.24, 2.45) is 11.3 Å². The molecule has 2 aromatic carbocycles. The molecule has 0 radical (unpaired) electrons. The molecule has 0 aliphatic carbocycles. The van der Waals surface area contributed by atoms with Gasteiger partial charge in [-0.15, -0.1) is 0 Å². The number of sulfone groups is 1. The summed E-state index contributed by atoms with van der Waals surface area (Å²) < 4.78 is 33.8. The number of hydrogen-bond donors (Lipinski definition) is 3. The molecule has 0 unspecified atom stereocenters. The number of carboxylic acid groups (broad SMARTS) is 2. The second-order valence-electron chi connectivity index (χ2n) is 12.0. The van der Waals surface area contributed by atoms with Gasteiger partial charge < -0.3 is 25.0 Å². The van der Waals surface area contributed by atoms with Crippen molar-refractivity contribution in [3.05, 3.63) is 53.6 Å². The van der Waals surface area contributed by atoms with E-state index in [4.69, 9.17) is 14.9 Å². The Morgan fingerprint density at radius 2 is 1.56 bits per heavy atom. The smallest absolute Gasteiger partial charge is 0.317 e. The van der Waals surface area contributed by atoms with Crippen LogP contribution in [0.1, 0.15) is 88.7 Å². The quantitative estimate of drug-likeness (QED) is 0.159. The Hall–Kier alpha value is -3.11. The Bertz CT molecular complexity index is 1320. The van der Waals surface area contributed by atoms with Crippen LogP contribution in [-0.4, -0.2) is 68.2 Å². The van der Waals surface area contributed by atoms with Crippen molar-refractivity contribution in [3.63, 3.8) is 0 Å². The van der Waals surface area contributed by atoms with Gasteiger partial charge in [-0.05, 0) is 73.6 Å². The van der Waals surface area contributed by atoms with Crippen LogP contribution in [0.5, 0.6) is 5.75 Å². The lowest BCUT2D eigenvalue weighted by Crippen LogP contribution is -2.43. The molecular formula is C33H47NO8S. The highest BCUT2D eigenvalue weighted by Crippen LogP contribution is 2.50. The van der Waals surface area contributed by atoms with E-state index in [1.807, 2.05) is 43.3 Å². The lowest BCUT2D eigenvalue weighted by Gasteiger charge is -2.40. The summed E-state index contributed by atoms with van der Waals surface area (Å²) in [5.41, 5.74) is 1.48. The van der Waals surface area contributed by atoms with Crippen molar-refractivity contribution in [1.29, 1.82) is 0 Å². The average molecular weight is 618 g/mol. The SMILES string of the molecule is CCCCC1(CCCC)CS(=O)(=O)c2ccc(N(C)C)cc2[C@@H](c2ccc(OCCCCC(C(=O)O)C(=O)O)cc2)[C@H]1O. The first-order valence-electron chi connectivity index (χ1n) is 15.3. The highest BCUT2D eigenvalue weighted by molar-refractivity contribution is 7.91. The molecule has 0 bridgehead atoms. The van der Waals surface area contributed by atoms with E-state index in [2.05, 4.69) is 13.8 Å². The largest absolute Gasteiger partial charge is 0.494 e. The zero-order valence-electron chi connectivity index (χ0n) is 25.8. The second-order valence-corrected chi connectivity index (χ2v) is 14.0. The Morgan fingerprint density at radius 1 is 0.953 bits per heavy atom. The summed E-state index contributed by atoms with van der Waals surface area (Å²) in [5, 5.41) is 30.3. The Labute approximate surface area is 255 Å². The van der Waals surface area contributed by atoms with Gasteiger partial charge in [-0.1, -0.05) is 51.7 Å². The zero-order valence-corrected chi connectivity index (χ0v) is 26.6. The van der Waals surface area contributed by atoms with E-state index >= 15 is 0 Å². The molecule has 2 atom stereocenters. The van der Waals surface area contributed by atoms with Crippen LogP contribution >= 0.6 is 0 Å². The minimum absolute atomic E-state index is 0.0294. The van der Waals surface area contributed by atoms with E-state index < -0.39 is 45.1 Å². The zero-order chi connectivity index (χ0) is 31.8. The average Bonchev–Trinajstić information content (AvgIpc) is 3.03. The van der Waals surface area contributed by atoms with Gasteiger partial charge in [-0.2, -0.15) is 0 Å². The molecule has 3 rings (SSSR count). The summed E-state index contributed by atoms with van der Waals surface area (Å²) in [6.07, 6.45) is 4.72. The maximum absolute atomic E-state index is 14.0. The minimum Gasteiger partial charge on any atom is -0.494 e. The Kier molecular flexibility index (Phi) is 12.0. The molecule has 0 saturated heterocycles. The predicted octanol–water partition coefficient (Wildman–Crippen LogP) is 5.73. The van der Waals surface area contributed by atoms with Gasteiger partial charge in [0.05, 0.1) is 23.4 Å². The van der Waals surface area contributed by atoms with E-state index in [0.29, 0.717) is 43.6 Å². The van der Waals surface area contributed by atoms with Gasteiger partial charge in [0.25, 0.3) is 0 Å². The molecule has 0 amide bonds. The van der Waals surface area contributed by atoms with Gasteiger partial charge in [0.15, 0.2) is 15.8 Å². The topological polar surface area (TPSA) is 141 Å². The van der Waals surface area contributed by atoms with Gasteiger partial charge in [0.2, 0.25) is 0 Å². The fraction of sp³-hybridized carbons (Fsp3) is 0.576. The number of benzene rings is 2. The summed E-state index contributed by atoms with van der Waals surface area (Å²) in [6, 6.07) is 12.7. The van der Waals surface area contributed by atoms with Crippen molar-refractivity contribution in [1.82, 2.24) is 0 Å². The number of unbranched alkanes of at least 4 members (excludes halogenated alkanes) is 3. The number of carboxylic acids is 2. The van der Waals surface area contributed by atoms with E-state index in [9.17, 15) is 23.1 Å². The fourth-order valence-corrected chi connectivity index (χ4v) is 8.35. The normalized spacial score (nSPS) is 18.9. The predicted molar refractivity (Wildman–Crippen MR) is 167 cm³/mol. The van der Waals surface area contributed by atoms with Crippen LogP contribution in [0.2, 0.25) is 0 Å². The molecule has 0 fully saturated rings. The number of anilines is 1. The van der Waals surface area contributed by atoms with Crippen molar-refractivity contribution in [2.45, 2.75) is 88.6 Å². The number of rotatable bonds is 16. The third-order valence-electron chi connectivity index (χ3n) is 8.65. The molecule has 1 aliphatic rings. The van der Waals surface area contributed by atoms with Gasteiger partial charge in [-0.3, -0.25) is 9.59 Å². The van der Waals surface area contributed by atoms with E-state index in [1.165, 1.54) is 0 Å². The van der Waals surface area contributed by atoms with E-state index in [-0.39, 0.29) is 17.1 Å². The first-order valence-corrected chi connectivity index (χ1v) is 16.9. The van der Waals surface area contributed by atoms with E-state index in [0.717, 1.165) is 36.9 Å². The van der Waals surface area contributed by atoms with Crippen molar-refractivity contribution in [3.8, 4) is 5.75 Å². The molecule has 43 heavy (non-hydrogen) atoms. The lowest BCUT2D eigenvalue weighted by molar-refractivity contribution is -0.154. The van der Waals surface area contributed by atoms with Gasteiger partial charge in [0.1, 0.15) is 5.75 Å². The molecule has 9 nitrogen and oxygen atoms in total. The van der Waals surface area contributed by atoms with Crippen LogP contribution in [0.4, 0.5) is 5.69 Å². The standard InChI is InChI=1S/C33H47NO8S/c1-5-7-18-33(19-8-6-2)22-43(40,41)28-17-14-24(34(3)4)21-27(28)29(30(33)35)23-12-15-25(16-13-23)42-20-10-9-11-26(31(36)37)32(38)39/h12-17,21,26,29-30,35H,5-11,18-20,22H2,1-4H3,(H,36,37)(H,38,39)/t29-,30-/m1/s1. The van der Waals surface area contributed by atoms with Crippen LogP contribution in [0, 0.1) is 11.3 Å². The summed E-state index contributed by atoms with van der Waals surface area (Å²) in [4.78, 5) is 24.4. The van der Waals surface area contributed by atoms with Gasteiger partial charge in [-0.25, -0.2) is 8.42 Å². The summed E-state index contributed by atoms with van der Waals surface area (Å²) in [7, 11) is 0.124. The van der Waals surface area contributed by atoms with Crippen LogP contribution in [0.15, 0.2) is 47.4 Å². The monoisotopic (exact) mass is 617 g/mol. The highest BCUT2D eigenvalue weighted by Gasteiger charge is 2.49.